The van der Waals surface area contributed by atoms with E-state index >= 15 is 0 Å². The number of ether oxygens (including phenoxy) is 4. The quantitative estimate of drug-likeness (QED) is 0.193. The van der Waals surface area contributed by atoms with Crippen LogP contribution in [0, 0.1) is 0 Å². The average molecular weight is 406 g/mol. The molecule has 2 N–H and O–H groups in total. The molecule has 0 bridgehead atoms. The molecule has 2 atom stereocenters. The van der Waals surface area contributed by atoms with Gasteiger partial charge in [-0.15, -0.1) is 13.2 Å². The molecule has 0 aromatic carbocycles. The topological polar surface area (TPSA) is 112 Å². The minimum atomic E-state index is -0.867. The number of carbonyl (C=O) groups excluding carboxylic acids is 2. The van der Waals surface area contributed by atoms with Gasteiger partial charge in [-0.1, -0.05) is 12.2 Å². The Morgan fingerprint density at radius 1 is 0.815 bits per heavy atom. The highest BCUT2D eigenvalue weighted by molar-refractivity contribution is 7.99. The predicted octanol–water partition coefficient (Wildman–Crippen LogP) is 0.713. The lowest BCUT2D eigenvalue weighted by atomic mass is 10.4. The molecule has 0 radical (unpaired) electrons. The lowest BCUT2D eigenvalue weighted by Gasteiger charge is -2.11. The van der Waals surface area contributed by atoms with Gasteiger partial charge in [0.25, 0.3) is 0 Å². The lowest BCUT2D eigenvalue weighted by molar-refractivity contribution is -0.147. The standard InChI is InChI=1S/C18H30O8S/c1-3-7-23-11-15(19)13-25-17(21)5-9-27-10-6-18(22)26-14-16(20)12-24-8-4-2/h3-4,15-16,19-20H,1-2,5-14H2. The van der Waals surface area contributed by atoms with Crippen LogP contribution in [0.1, 0.15) is 12.8 Å². The Morgan fingerprint density at radius 3 is 1.59 bits per heavy atom. The summed E-state index contributed by atoms with van der Waals surface area (Å²) in [7, 11) is 0. The van der Waals surface area contributed by atoms with E-state index in [4.69, 9.17) is 18.9 Å². The van der Waals surface area contributed by atoms with Gasteiger partial charge in [-0.25, -0.2) is 0 Å². The number of carbonyl (C=O) groups is 2. The molecule has 0 aliphatic rings. The molecule has 0 fully saturated rings. The van der Waals surface area contributed by atoms with E-state index in [1.165, 1.54) is 11.8 Å². The zero-order valence-corrected chi connectivity index (χ0v) is 16.4. The minimum Gasteiger partial charge on any atom is -0.463 e. The van der Waals surface area contributed by atoms with E-state index in [1.807, 2.05) is 0 Å². The molecule has 9 heteroatoms. The Balaban J connectivity index is 3.55. The number of esters is 2. The van der Waals surface area contributed by atoms with Gasteiger partial charge in [0.1, 0.15) is 25.4 Å². The first-order chi connectivity index (χ1) is 13.0. The van der Waals surface area contributed by atoms with E-state index in [0.29, 0.717) is 24.7 Å². The van der Waals surface area contributed by atoms with Gasteiger partial charge in [-0.3, -0.25) is 9.59 Å². The number of hydrogen-bond acceptors (Lipinski definition) is 9. The summed E-state index contributed by atoms with van der Waals surface area (Å²) in [6.45, 7) is 7.52. The molecule has 156 valence electrons. The van der Waals surface area contributed by atoms with Gasteiger partial charge in [0.05, 0.1) is 39.3 Å². The van der Waals surface area contributed by atoms with Crippen molar-refractivity contribution in [3.8, 4) is 0 Å². The molecule has 0 saturated carbocycles. The van der Waals surface area contributed by atoms with E-state index < -0.39 is 24.1 Å². The zero-order valence-electron chi connectivity index (χ0n) is 15.5. The first-order valence-corrected chi connectivity index (χ1v) is 9.77. The summed E-state index contributed by atoms with van der Waals surface area (Å²) in [6.07, 6.45) is 1.75. The third-order valence-electron chi connectivity index (χ3n) is 2.87. The van der Waals surface area contributed by atoms with Gasteiger partial charge < -0.3 is 29.2 Å². The lowest BCUT2D eigenvalue weighted by Crippen LogP contribution is -2.24. The Morgan fingerprint density at radius 2 is 1.22 bits per heavy atom. The van der Waals surface area contributed by atoms with E-state index in [2.05, 4.69) is 13.2 Å². The van der Waals surface area contributed by atoms with Crippen LogP contribution in [0.2, 0.25) is 0 Å². The van der Waals surface area contributed by atoms with Gasteiger partial charge in [-0.05, 0) is 0 Å². The van der Waals surface area contributed by atoms with Crippen molar-refractivity contribution in [2.24, 2.45) is 0 Å². The molecule has 27 heavy (non-hydrogen) atoms. The maximum atomic E-state index is 11.5. The first kappa shape index (κ1) is 25.6. The van der Waals surface area contributed by atoms with Crippen LogP contribution in [0.3, 0.4) is 0 Å². The van der Waals surface area contributed by atoms with Gasteiger partial charge in [-0.2, -0.15) is 11.8 Å². The van der Waals surface area contributed by atoms with Crippen LogP contribution in [0.15, 0.2) is 25.3 Å². The van der Waals surface area contributed by atoms with Gasteiger partial charge in [0.2, 0.25) is 0 Å². The molecule has 0 amide bonds. The number of hydrogen-bond donors (Lipinski definition) is 2. The molecular formula is C18H30O8S. The number of rotatable bonds is 18. The third kappa shape index (κ3) is 17.8. The van der Waals surface area contributed by atoms with Crippen molar-refractivity contribution in [1.82, 2.24) is 0 Å². The maximum Gasteiger partial charge on any atom is 0.306 e. The highest BCUT2D eigenvalue weighted by Gasteiger charge is 2.11. The molecule has 2 unspecified atom stereocenters. The van der Waals surface area contributed by atoms with Crippen molar-refractivity contribution in [2.75, 3.05) is 51.1 Å². The molecule has 0 aromatic rings. The summed E-state index contributed by atoms with van der Waals surface area (Å²) in [5.74, 6) is 0.145. The van der Waals surface area contributed by atoms with E-state index in [1.54, 1.807) is 12.2 Å². The molecule has 0 aliphatic heterocycles. The Labute approximate surface area is 164 Å². The summed E-state index contributed by atoms with van der Waals surface area (Å²) in [5, 5.41) is 19.0. The molecular weight excluding hydrogens is 376 g/mol. The van der Waals surface area contributed by atoms with E-state index in [0.717, 1.165) is 0 Å². The first-order valence-electron chi connectivity index (χ1n) is 8.62. The van der Waals surface area contributed by atoms with Crippen molar-refractivity contribution in [2.45, 2.75) is 25.0 Å². The molecule has 0 heterocycles. The second-order valence-corrected chi connectivity index (χ2v) is 6.66. The second kappa shape index (κ2) is 18.0. The second-order valence-electron chi connectivity index (χ2n) is 5.44. The van der Waals surface area contributed by atoms with Crippen LogP contribution in [0.4, 0.5) is 0 Å². The molecule has 8 nitrogen and oxygen atoms in total. The smallest absolute Gasteiger partial charge is 0.306 e. The van der Waals surface area contributed by atoms with Gasteiger partial charge in [0, 0.05) is 11.5 Å². The van der Waals surface area contributed by atoms with Crippen molar-refractivity contribution in [3.05, 3.63) is 25.3 Å². The monoisotopic (exact) mass is 406 g/mol. The number of aliphatic hydroxyl groups is 2. The summed E-state index contributed by atoms with van der Waals surface area (Å²) in [6, 6.07) is 0. The summed E-state index contributed by atoms with van der Waals surface area (Å²) >= 11 is 1.41. The van der Waals surface area contributed by atoms with Crippen LogP contribution < -0.4 is 0 Å². The van der Waals surface area contributed by atoms with Crippen LogP contribution in [-0.2, 0) is 28.5 Å². The van der Waals surface area contributed by atoms with Crippen LogP contribution in [0.5, 0.6) is 0 Å². The van der Waals surface area contributed by atoms with Crippen LogP contribution in [-0.4, -0.2) is 85.5 Å². The third-order valence-corrected chi connectivity index (χ3v) is 3.85. The Hall–Kier alpha value is -1.39. The normalized spacial score (nSPS) is 12.8. The van der Waals surface area contributed by atoms with Crippen molar-refractivity contribution < 1.29 is 38.7 Å². The highest BCUT2D eigenvalue weighted by Crippen LogP contribution is 2.06. The van der Waals surface area contributed by atoms with Crippen molar-refractivity contribution >= 4 is 23.7 Å². The van der Waals surface area contributed by atoms with Crippen molar-refractivity contribution in [3.63, 3.8) is 0 Å². The van der Waals surface area contributed by atoms with Crippen LogP contribution >= 0.6 is 11.8 Å². The maximum absolute atomic E-state index is 11.5. The number of thioether (sulfide) groups is 1. The molecule has 0 aromatic heterocycles. The SMILES string of the molecule is C=CCOCC(O)COC(=O)CCSCCC(=O)OCC(O)COCC=C. The summed E-state index contributed by atoms with van der Waals surface area (Å²) < 4.78 is 19.9. The van der Waals surface area contributed by atoms with Gasteiger partial charge in [0.15, 0.2) is 0 Å². The van der Waals surface area contributed by atoms with E-state index in [9.17, 15) is 19.8 Å². The average Bonchev–Trinajstić information content (AvgIpc) is 2.65. The minimum absolute atomic E-state index is 0.0746. The fourth-order valence-corrected chi connectivity index (χ4v) is 2.43. The molecule has 0 spiro atoms. The van der Waals surface area contributed by atoms with E-state index in [-0.39, 0.29) is 39.3 Å². The van der Waals surface area contributed by atoms with Gasteiger partial charge >= 0.3 is 11.9 Å². The van der Waals surface area contributed by atoms with Crippen LogP contribution in [0.25, 0.3) is 0 Å². The zero-order chi connectivity index (χ0) is 20.3. The summed E-state index contributed by atoms with van der Waals surface area (Å²) in [4.78, 5) is 23.0. The molecule has 0 saturated heterocycles. The molecule has 0 aliphatic carbocycles. The summed E-state index contributed by atoms with van der Waals surface area (Å²) in [5.41, 5.74) is 0. The van der Waals surface area contributed by atoms with Crippen molar-refractivity contribution in [1.29, 1.82) is 0 Å². The largest absolute Gasteiger partial charge is 0.463 e. The number of aliphatic hydroxyl groups excluding tert-OH is 2. The highest BCUT2D eigenvalue weighted by atomic mass is 32.2. The Kier molecular flexibility index (Phi) is 17.1. The Bertz CT molecular complexity index is 392. The predicted molar refractivity (Wildman–Crippen MR) is 103 cm³/mol. The fraction of sp³-hybridized carbons (Fsp3) is 0.667. The molecule has 0 rings (SSSR count). The fourth-order valence-electron chi connectivity index (χ4n) is 1.61.